The zero-order valence-electron chi connectivity index (χ0n) is 16.5. The molecule has 0 saturated carbocycles. The van der Waals surface area contributed by atoms with E-state index in [2.05, 4.69) is 39.9 Å². The molecule has 29 heavy (non-hydrogen) atoms. The molecule has 1 aromatic heterocycles. The van der Waals surface area contributed by atoms with Gasteiger partial charge in [-0.3, -0.25) is 9.48 Å². The topological polar surface area (TPSA) is 69.0 Å². The van der Waals surface area contributed by atoms with E-state index >= 15 is 0 Å². The van der Waals surface area contributed by atoms with Crippen molar-refractivity contribution in [1.29, 1.82) is 0 Å². The number of amides is 1. The number of rotatable bonds is 7. The van der Waals surface area contributed by atoms with Crippen LogP contribution in [0.15, 0.2) is 66.9 Å². The third kappa shape index (κ3) is 4.71. The van der Waals surface area contributed by atoms with E-state index in [1.807, 2.05) is 36.4 Å². The summed E-state index contributed by atoms with van der Waals surface area (Å²) in [5, 5.41) is 11.3. The summed E-state index contributed by atoms with van der Waals surface area (Å²) in [5.74, 6) is -0.183. The lowest BCUT2D eigenvalue weighted by Gasteiger charge is -2.37. The van der Waals surface area contributed by atoms with Crippen molar-refractivity contribution in [2.24, 2.45) is 0 Å². The van der Waals surface area contributed by atoms with Gasteiger partial charge < -0.3 is 10.1 Å². The molecular weight excluding hydrogens is 364 g/mol. The zero-order valence-corrected chi connectivity index (χ0v) is 16.5. The number of carbonyl (C=O) groups excluding carboxylic acids is 1. The molecule has 1 saturated heterocycles. The van der Waals surface area contributed by atoms with Gasteiger partial charge in [0.05, 0.1) is 6.20 Å². The molecule has 0 bridgehead atoms. The molecule has 0 unspecified atom stereocenters. The van der Waals surface area contributed by atoms with Crippen LogP contribution in [-0.4, -0.2) is 40.7 Å². The Morgan fingerprint density at radius 3 is 2.45 bits per heavy atom. The lowest BCUT2D eigenvalue weighted by Crippen LogP contribution is -2.44. The third-order valence-electron chi connectivity index (χ3n) is 5.67. The molecule has 6 heteroatoms. The van der Waals surface area contributed by atoms with Gasteiger partial charge >= 0.3 is 0 Å². The molecule has 0 aliphatic carbocycles. The molecule has 0 spiro atoms. The van der Waals surface area contributed by atoms with E-state index in [4.69, 9.17) is 4.74 Å². The number of aryl methyl sites for hydroxylation is 2. The normalized spacial score (nSPS) is 15.7. The molecule has 0 atom stereocenters. The largest absolute Gasteiger partial charge is 0.381 e. The van der Waals surface area contributed by atoms with E-state index in [9.17, 15) is 4.79 Å². The standard InChI is InChI=1S/C23H26N4O2/c28-22(21-17-27(26-25-21)14-11-19-7-3-1-4-8-19)24-18-23(12-15-29-16-13-23)20-9-5-2-6-10-20/h1-10,17H,11-16,18H2,(H,24,28). The van der Waals surface area contributed by atoms with Crippen molar-refractivity contribution in [3.8, 4) is 0 Å². The van der Waals surface area contributed by atoms with Crippen molar-refractivity contribution in [2.75, 3.05) is 19.8 Å². The summed E-state index contributed by atoms with van der Waals surface area (Å²) in [7, 11) is 0. The summed E-state index contributed by atoms with van der Waals surface area (Å²) in [5.41, 5.74) is 2.74. The average molecular weight is 390 g/mol. The van der Waals surface area contributed by atoms with Gasteiger partial charge in [0, 0.05) is 31.7 Å². The Hall–Kier alpha value is -2.99. The smallest absolute Gasteiger partial charge is 0.273 e. The van der Waals surface area contributed by atoms with Gasteiger partial charge in [0.15, 0.2) is 5.69 Å². The Kier molecular flexibility index (Phi) is 6.00. The quantitative estimate of drug-likeness (QED) is 0.673. The second kappa shape index (κ2) is 9.01. The van der Waals surface area contributed by atoms with E-state index in [0.29, 0.717) is 32.0 Å². The number of benzene rings is 2. The SMILES string of the molecule is O=C(NCC1(c2ccccc2)CCOCC1)c1cn(CCc2ccccc2)nn1. The molecule has 1 aliphatic heterocycles. The molecule has 150 valence electrons. The molecule has 3 aromatic rings. The fraction of sp³-hybridized carbons (Fsp3) is 0.348. The first-order valence-corrected chi connectivity index (χ1v) is 10.1. The molecule has 1 aliphatic rings. The second-order valence-electron chi connectivity index (χ2n) is 7.54. The van der Waals surface area contributed by atoms with Crippen LogP contribution in [0.4, 0.5) is 0 Å². The molecule has 2 aromatic carbocycles. The van der Waals surface area contributed by atoms with E-state index in [1.165, 1.54) is 11.1 Å². The van der Waals surface area contributed by atoms with Gasteiger partial charge in [-0.05, 0) is 30.4 Å². The summed E-state index contributed by atoms with van der Waals surface area (Å²) in [4.78, 5) is 12.7. The fourth-order valence-corrected chi connectivity index (χ4v) is 3.86. The lowest BCUT2D eigenvalue weighted by molar-refractivity contribution is 0.0486. The summed E-state index contributed by atoms with van der Waals surface area (Å²) < 4.78 is 7.29. The van der Waals surface area contributed by atoms with Crippen LogP contribution in [0.2, 0.25) is 0 Å². The van der Waals surface area contributed by atoms with Crippen LogP contribution in [0, 0.1) is 0 Å². The highest BCUT2D eigenvalue weighted by Gasteiger charge is 2.35. The Bertz CT molecular complexity index is 918. The predicted molar refractivity (Wildman–Crippen MR) is 111 cm³/mol. The molecule has 0 radical (unpaired) electrons. The van der Waals surface area contributed by atoms with E-state index in [1.54, 1.807) is 10.9 Å². The van der Waals surface area contributed by atoms with Gasteiger partial charge in [-0.1, -0.05) is 65.9 Å². The maximum Gasteiger partial charge on any atom is 0.273 e. The minimum absolute atomic E-state index is 0.0987. The van der Waals surface area contributed by atoms with Crippen molar-refractivity contribution < 1.29 is 9.53 Å². The van der Waals surface area contributed by atoms with Crippen molar-refractivity contribution in [3.63, 3.8) is 0 Å². The van der Waals surface area contributed by atoms with Crippen molar-refractivity contribution in [1.82, 2.24) is 20.3 Å². The first kappa shape index (κ1) is 19.3. The molecule has 1 fully saturated rings. The number of carbonyl (C=O) groups is 1. The minimum Gasteiger partial charge on any atom is -0.381 e. The maximum absolute atomic E-state index is 12.7. The van der Waals surface area contributed by atoms with Crippen LogP contribution in [0.1, 0.15) is 34.5 Å². The molecule has 1 N–H and O–H groups in total. The summed E-state index contributed by atoms with van der Waals surface area (Å²) in [6.07, 6.45) is 4.35. The Morgan fingerprint density at radius 1 is 1.03 bits per heavy atom. The minimum atomic E-state index is -0.183. The number of hydrogen-bond donors (Lipinski definition) is 1. The van der Waals surface area contributed by atoms with E-state index < -0.39 is 0 Å². The van der Waals surface area contributed by atoms with Gasteiger partial charge in [0.1, 0.15) is 0 Å². The third-order valence-corrected chi connectivity index (χ3v) is 5.67. The molecule has 4 rings (SSSR count). The van der Waals surface area contributed by atoms with Crippen LogP contribution in [0.3, 0.4) is 0 Å². The van der Waals surface area contributed by atoms with Crippen LogP contribution in [-0.2, 0) is 23.1 Å². The Labute approximate surface area is 170 Å². The van der Waals surface area contributed by atoms with Crippen LogP contribution in [0.5, 0.6) is 0 Å². The van der Waals surface area contributed by atoms with Crippen LogP contribution in [0.25, 0.3) is 0 Å². The first-order valence-electron chi connectivity index (χ1n) is 10.1. The van der Waals surface area contributed by atoms with Gasteiger partial charge in [0.2, 0.25) is 0 Å². The number of nitrogens with one attached hydrogen (secondary N) is 1. The van der Waals surface area contributed by atoms with Crippen molar-refractivity contribution in [2.45, 2.75) is 31.2 Å². The number of aromatic nitrogens is 3. The van der Waals surface area contributed by atoms with Gasteiger partial charge in [-0.2, -0.15) is 0 Å². The average Bonchev–Trinajstić information content (AvgIpc) is 3.27. The van der Waals surface area contributed by atoms with E-state index in [0.717, 1.165) is 19.3 Å². The molecule has 2 heterocycles. The summed E-state index contributed by atoms with van der Waals surface area (Å²) in [6, 6.07) is 20.6. The van der Waals surface area contributed by atoms with Gasteiger partial charge in [-0.25, -0.2) is 0 Å². The van der Waals surface area contributed by atoms with Crippen LogP contribution < -0.4 is 5.32 Å². The number of nitrogens with zero attached hydrogens (tertiary/aromatic N) is 3. The molecular formula is C23H26N4O2. The van der Waals surface area contributed by atoms with Crippen molar-refractivity contribution >= 4 is 5.91 Å². The van der Waals surface area contributed by atoms with Gasteiger partial charge in [0.25, 0.3) is 5.91 Å². The Balaban J connectivity index is 1.38. The molecule has 6 nitrogen and oxygen atoms in total. The van der Waals surface area contributed by atoms with E-state index in [-0.39, 0.29) is 11.3 Å². The highest BCUT2D eigenvalue weighted by atomic mass is 16.5. The second-order valence-corrected chi connectivity index (χ2v) is 7.54. The zero-order chi connectivity index (χ0) is 19.9. The fourth-order valence-electron chi connectivity index (χ4n) is 3.86. The van der Waals surface area contributed by atoms with Gasteiger partial charge in [-0.15, -0.1) is 5.10 Å². The summed E-state index contributed by atoms with van der Waals surface area (Å²) in [6.45, 7) is 2.67. The van der Waals surface area contributed by atoms with Crippen LogP contribution >= 0.6 is 0 Å². The first-order chi connectivity index (χ1) is 14.3. The predicted octanol–water partition coefficient (Wildman–Crippen LogP) is 3.00. The number of ether oxygens (including phenoxy) is 1. The maximum atomic E-state index is 12.7. The number of hydrogen-bond acceptors (Lipinski definition) is 4. The Morgan fingerprint density at radius 2 is 1.72 bits per heavy atom. The highest BCUT2D eigenvalue weighted by molar-refractivity contribution is 5.91. The highest BCUT2D eigenvalue weighted by Crippen LogP contribution is 2.34. The lowest BCUT2D eigenvalue weighted by atomic mass is 9.74. The van der Waals surface area contributed by atoms with Crippen molar-refractivity contribution in [3.05, 3.63) is 83.7 Å². The molecule has 1 amide bonds. The monoisotopic (exact) mass is 390 g/mol. The summed E-state index contributed by atoms with van der Waals surface area (Å²) >= 11 is 0.